The van der Waals surface area contributed by atoms with Gasteiger partial charge in [0.15, 0.2) is 0 Å². The van der Waals surface area contributed by atoms with Gasteiger partial charge >= 0.3 is 0 Å². The van der Waals surface area contributed by atoms with Crippen LogP contribution in [0.1, 0.15) is 40.0 Å². The van der Waals surface area contributed by atoms with Gasteiger partial charge in [-0.2, -0.15) is 5.26 Å². The molecule has 156 valence electrons. The fraction of sp³-hybridized carbons (Fsp3) is 0.350. The predicted molar refractivity (Wildman–Crippen MR) is 103 cm³/mol. The first-order valence-corrected chi connectivity index (χ1v) is 11.0. The maximum absolute atomic E-state index is 12.2. The van der Waals surface area contributed by atoms with E-state index in [0.717, 1.165) is 18.4 Å². The molecular weight excluding hydrogens is 407 g/mol. The van der Waals surface area contributed by atoms with Crippen molar-refractivity contribution in [1.29, 1.82) is 5.26 Å². The third-order valence-corrected chi connectivity index (χ3v) is 6.25. The molecule has 2 aliphatic rings. The molecule has 0 N–H and O–H groups in total. The highest BCUT2D eigenvalue weighted by atomic mass is 31.2. The summed E-state index contributed by atoms with van der Waals surface area (Å²) in [4.78, 5) is 41.4. The fourth-order valence-electron chi connectivity index (χ4n) is 3.83. The Morgan fingerprint density at radius 1 is 1.27 bits per heavy atom. The van der Waals surface area contributed by atoms with Crippen molar-refractivity contribution in [3.05, 3.63) is 52.7 Å². The van der Waals surface area contributed by atoms with E-state index in [9.17, 15) is 19.1 Å². The number of aromatic nitrogens is 1. The normalized spacial score (nSPS) is 17.1. The maximum atomic E-state index is 12.2. The van der Waals surface area contributed by atoms with Gasteiger partial charge in [-0.25, -0.2) is 4.98 Å². The van der Waals surface area contributed by atoms with Crippen molar-refractivity contribution in [2.24, 2.45) is 0 Å². The van der Waals surface area contributed by atoms with Crippen LogP contribution in [0.25, 0.3) is 0 Å². The smallest absolute Gasteiger partial charge is 0.259 e. The van der Waals surface area contributed by atoms with E-state index >= 15 is 0 Å². The molecule has 0 saturated carbocycles. The molecule has 9 nitrogen and oxygen atoms in total. The monoisotopic (exact) mass is 426 g/mol. The van der Waals surface area contributed by atoms with Gasteiger partial charge in [0.25, 0.3) is 5.91 Å². The molecule has 1 aromatic carbocycles. The Hall–Kier alpha value is -2.92. The quantitative estimate of drug-likeness (QED) is 0.664. The number of rotatable bonds is 4. The summed E-state index contributed by atoms with van der Waals surface area (Å²) >= 11 is 0. The highest BCUT2D eigenvalue weighted by Crippen LogP contribution is 2.40. The lowest BCUT2D eigenvalue weighted by Crippen LogP contribution is -2.39. The zero-order valence-electron chi connectivity index (χ0n) is 16.3. The summed E-state index contributed by atoms with van der Waals surface area (Å²) in [7, 11) is -5.17. The number of hydrogen-bond donors (Lipinski definition) is 0. The van der Waals surface area contributed by atoms with Crippen LogP contribution >= 0.6 is 7.75 Å². The third kappa shape index (κ3) is 3.90. The van der Waals surface area contributed by atoms with Crippen LogP contribution in [0.3, 0.4) is 0 Å². The zero-order chi connectivity index (χ0) is 21.5. The number of piperidine rings is 1. The van der Waals surface area contributed by atoms with Crippen LogP contribution < -0.4 is 19.4 Å². The minimum Gasteiger partial charge on any atom is -0.795 e. The molecule has 2 aromatic rings. The number of benzene rings is 1. The number of carbonyl (C=O) groups excluding carboxylic acids is 1. The molecule has 2 aliphatic heterocycles. The molecule has 0 unspecified atom stereocenters. The fourth-order valence-corrected chi connectivity index (χ4v) is 4.47. The Labute approximate surface area is 173 Å². The van der Waals surface area contributed by atoms with Crippen LogP contribution in [0.4, 0.5) is 5.82 Å². The van der Waals surface area contributed by atoms with Crippen LogP contribution in [0.5, 0.6) is 5.75 Å². The second kappa shape index (κ2) is 7.73. The lowest BCUT2D eigenvalue weighted by atomic mass is 10.1. The van der Waals surface area contributed by atoms with Gasteiger partial charge in [0.2, 0.25) is 0 Å². The predicted octanol–water partition coefficient (Wildman–Crippen LogP) is 1.09. The van der Waals surface area contributed by atoms with Crippen molar-refractivity contribution >= 4 is 19.5 Å². The highest BCUT2D eigenvalue weighted by molar-refractivity contribution is 7.47. The second-order valence-electron chi connectivity index (χ2n) is 7.40. The molecular formula is C20H19N4O5P-2. The maximum Gasteiger partial charge on any atom is 0.259 e. The Morgan fingerprint density at radius 2 is 2.00 bits per heavy atom. The summed E-state index contributed by atoms with van der Waals surface area (Å²) in [6.45, 7) is 2.84. The zero-order valence-corrected chi connectivity index (χ0v) is 17.2. The summed E-state index contributed by atoms with van der Waals surface area (Å²) < 4.78 is 17.7. The minimum atomic E-state index is -5.17. The number of hydrogen-bond acceptors (Lipinski definition) is 8. The van der Waals surface area contributed by atoms with Crippen LogP contribution in [-0.2, 0) is 11.1 Å². The minimum absolute atomic E-state index is 0.00815. The van der Waals surface area contributed by atoms with Crippen LogP contribution in [0.2, 0.25) is 0 Å². The van der Waals surface area contributed by atoms with E-state index in [1.807, 2.05) is 13.0 Å². The number of amides is 1. The SMILES string of the molecule is Cc1cc2c(nc1N1CCC(Oc3cccc(C#N)c3)CC1)CN(P(=O)([O-])[O-])C2=O. The van der Waals surface area contributed by atoms with E-state index in [1.54, 1.807) is 24.3 Å². The Kier molecular flexibility index (Phi) is 5.24. The van der Waals surface area contributed by atoms with E-state index in [2.05, 4.69) is 16.0 Å². The highest BCUT2D eigenvalue weighted by Gasteiger charge is 2.32. The molecule has 4 rings (SSSR count). The largest absolute Gasteiger partial charge is 0.795 e. The number of fused-ring (bicyclic) bond motifs is 1. The number of carbonyl (C=O) groups is 1. The molecule has 1 saturated heterocycles. The first kappa shape index (κ1) is 20.4. The topological polar surface area (TPSA) is 133 Å². The summed E-state index contributed by atoms with van der Waals surface area (Å²) in [6, 6.07) is 10.7. The first-order valence-electron chi connectivity index (χ1n) is 9.53. The number of aryl methyl sites for hydroxylation is 1. The van der Waals surface area contributed by atoms with Crippen molar-refractivity contribution in [1.82, 2.24) is 9.65 Å². The molecule has 0 atom stereocenters. The standard InChI is InChI=1S/C20H21N4O5P/c1-13-9-17-18(12-24(20(17)25)30(26,27)28)22-19(13)23-7-5-15(6-8-23)29-16-4-2-3-14(10-16)11-21/h2-4,9-10,15H,5-8,12H2,1H3,(H2,26,27,28)/p-2. The lowest BCUT2D eigenvalue weighted by Gasteiger charge is -2.38. The molecule has 30 heavy (non-hydrogen) atoms. The van der Waals surface area contributed by atoms with Gasteiger partial charge in [-0.3, -0.25) is 4.79 Å². The molecule has 1 aromatic heterocycles. The molecule has 0 aliphatic carbocycles. The average Bonchev–Trinajstić information content (AvgIpc) is 3.04. The number of anilines is 1. The van der Waals surface area contributed by atoms with Gasteiger partial charge in [0.1, 0.15) is 17.7 Å². The average molecular weight is 426 g/mol. The number of nitrogens with zero attached hydrogens (tertiary/aromatic N) is 4. The van der Waals surface area contributed by atoms with Gasteiger partial charge < -0.3 is 28.7 Å². The van der Waals surface area contributed by atoms with Gasteiger partial charge in [0, 0.05) is 33.7 Å². The molecule has 10 heteroatoms. The van der Waals surface area contributed by atoms with Crippen LogP contribution in [-0.4, -0.2) is 34.8 Å². The molecule has 0 spiro atoms. The molecule has 3 heterocycles. The second-order valence-corrected chi connectivity index (χ2v) is 8.82. The van der Waals surface area contributed by atoms with Gasteiger partial charge in [-0.15, -0.1) is 0 Å². The molecule has 1 amide bonds. The van der Waals surface area contributed by atoms with Gasteiger partial charge in [0.05, 0.1) is 29.4 Å². The van der Waals surface area contributed by atoms with Gasteiger partial charge in [-0.1, -0.05) is 6.07 Å². The number of nitriles is 1. The number of pyridine rings is 1. The number of ether oxygens (including phenoxy) is 1. The van der Waals surface area contributed by atoms with Crippen molar-refractivity contribution in [2.45, 2.75) is 32.4 Å². The van der Waals surface area contributed by atoms with Crippen LogP contribution in [0, 0.1) is 18.3 Å². The third-order valence-electron chi connectivity index (χ3n) is 5.33. The summed E-state index contributed by atoms with van der Waals surface area (Å²) in [6.07, 6.45) is 1.50. The summed E-state index contributed by atoms with van der Waals surface area (Å²) in [5.41, 5.74) is 1.77. The summed E-state index contributed by atoms with van der Waals surface area (Å²) in [5.74, 6) is 0.532. The van der Waals surface area contributed by atoms with E-state index in [0.29, 0.717) is 40.6 Å². The van der Waals surface area contributed by atoms with E-state index in [1.165, 1.54) is 0 Å². The van der Waals surface area contributed by atoms with E-state index in [4.69, 9.17) is 10.00 Å². The Bertz CT molecular complexity index is 1090. The van der Waals surface area contributed by atoms with E-state index in [-0.39, 0.29) is 18.2 Å². The Morgan fingerprint density at radius 3 is 2.67 bits per heavy atom. The molecule has 0 bridgehead atoms. The van der Waals surface area contributed by atoms with Crippen molar-refractivity contribution in [3.63, 3.8) is 0 Å². The van der Waals surface area contributed by atoms with Crippen molar-refractivity contribution < 1.29 is 23.9 Å². The molecule has 0 radical (unpaired) electrons. The van der Waals surface area contributed by atoms with E-state index < -0.39 is 13.7 Å². The first-order chi connectivity index (χ1) is 14.3. The molecule has 1 fully saturated rings. The van der Waals surface area contributed by atoms with Gasteiger partial charge in [-0.05, 0) is 36.8 Å². The lowest BCUT2D eigenvalue weighted by molar-refractivity contribution is -0.326. The Balaban J connectivity index is 1.45. The van der Waals surface area contributed by atoms with Crippen LogP contribution in [0.15, 0.2) is 30.3 Å². The van der Waals surface area contributed by atoms with Crippen molar-refractivity contribution in [3.8, 4) is 11.8 Å². The van der Waals surface area contributed by atoms with Crippen molar-refractivity contribution in [2.75, 3.05) is 18.0 Å². The summed E-state index contributed by atoms with van der Waals surface area (Å²) in [5, 5.41) is 9.01.